The monoisotopic (exact) mass is 381 g/mol. The number of rotatable bonds is 5. The molecule has 0 bridgehead atoms. The van der Waals surface area contributed by atoms with Crippen LogP contribution in [0.15, 0.2) is 29.4 Å². The molecule has 1 fully saturated rings. The van der Waals surface area contributed by atoms with Gasteiger partial charge < -0.3 is 4.74 Å². The number of ether oxygens (including phenoxy) is 1. The molecule has 0 N–H and O–H groups in total. The van der Waals surface area contributed by atoms with Gasteiger partial charge in [-0.05, 0) is 31.9 Å². The van der Waals surface area contributed by atoms with Gasteiger partial charge in [0.2, 0.25) is 15.9 Å². The zero-order valence-corrected chi connectivity index (χ0v) is 15.9. The molecule has 1 saturated heterocycles. The number of hydrogen-bond acceptors (Lipinski definition) is 5. The van der Waals surface area contributed by atoms with Crippen molar-refractivity contribution >= 4 is 21.6 Å². The van der Waals surface area contributed by atoms with Gasteiger partial charge in [-0.25, -0.2) is 8.42 Å². The van der Waals surface area contributed by atoms with Gasteiger partial charge in [-0.2, -0.15) is 9.29 Å². The summed E-state index contributed by atoms with van der Waals surface area (Å²) < 4.78 is 32.8. The van der Waals surface area contributed by atoms with E-state index < -0.39 is 10.0 Å². The largest absolute Gasteiger partial charge is 0.476 e. The van der Waals surface area contributed by atoms with Crippen molar-refractivity contribution in [3.05, 3.63) is 46.4 Å². The van der Waals surface area contributed by atoms with E-state index in [1.807, 2.05) is 32.9 Å². The number of sulfonamides is 1. The maximum Gasteiger partial charge on any atom is 0.243 e. The zero-order valence-electron chi connectivity index (χ0n) is 14.4. The van der Waals surface area contributed by atoms with Gasteiger partial charge in [-0.15, -0.1) is 0 Å². The lowest BCUT2D eigenvalue weighted by atomic mass is 10.1. The number of aromatic nitrogens is 2. The summed E-state index contributed by atoms with van der Waals surface area (Å²) in [5.74, 6) is 0.473. The number of benzene rings is 1. The lowest BCUT2D eigenvalue weighted by Gasteiger charge is -2.38. The lowest BCUT2D eigenvalue weighted by molar-refractivity contribution is 0.126. The first-order valence-corrected chi connectivity index (χ1v) is 9.77. The molecule has 0 unspecified atom stereocenters. The van der Waals surface area contributed by atoms with Crippen LogP contribution >= 0.6 is 11.6 Å². The maximum absolute atomic E-state index is 12.9. The average Bonchev–Trinajstić information content (AvgIpc) is 2.43. The fraction of sp³-hybridized carbons (Fsp3) is 0.412. The Bertz CT molecular complexity index is 873. The Labute approximate surface area is 152 Å². The summed E-state index contributed by atoms with van der Waals surface area (Å²) in [5.41, 5.74) is 2.63. The predicted molar refractivity (Wildman–Crippen MR) is 95.4 cm³/mol. The van der Waals surface area contributed by atoms with Crippen molar-refractivity contribution < 1.29 is 13.2 Å². The van der Waals surface area contributed by atoms with Gasteiger partial charge in [0.1, 0.15) is 0 Å². The highest BCUT2D eigenvalue weighted by Crippen LogP contribution is 2.30. The Morgan fingerprint density at radius 3 is 2.44 bits per heavy atom. The lowest BCUT2D eigenvalue weighted by Crippen LogP contribution is -2.52. The van der Waals surface area contributed by atoms with Crippen LogP contribution in [0.25, 0.3) is 0 Å². The number of hydrogen-bond donors (Lipinski definition) is 0. The van der Waals surface area contributed by atoms with E-state index >= 15 is 0 Å². The van der Waals surface area contributed by atoms with Gasteiger partial charge in [-0.1, -0.05) is 29.3 Å². The molecule has 8 heteroatoms. The van der Waals surface area contributed by atoms with Crippen LogP contribution in [0.3, 0.4) is 0 Å². The molecule has 3 rings (SSSR count). The topological polar surface area (TPSA) is 72.4 Å². The normalized spacial score (nSPS) is 15.8. The van der Waals surface area contributed by atoms with E-state index in [2.05, 4.69) is 9.97 Å². The van der Waals surface area contributed by atoms with E-state index in [1.54, 1.807) is 0 Å². The molecular formula is C17H20ClN3O3S. The van der Waals surface area contributed by atoms with Crippen molar-refractivity contribution in [2.75, 3.05) is 19.7 Å². The smallest absolute Gasteiger partial charge is 0.243 e. The second kappa shape index (κ2) is 6.90. The average molecular weight is 382 g/mol. The van der Waals surface area contributed by atoms with Crippen LogP contribution in [-0.2, 0) is 10.0 Å². The van der Waals surface area contributed by atoms with Crippen molar-refractivity contribution in [1.29, 1.82) is 0 Å². The maximum atomic E-state index is 12.9. The fourth-order valence-corrected chi connectivity index (χ4v) is 5.27. The Morgan fingerprint density at radius 2 is 1.84 bits per heavy atom. The molecule has 0 radical (unpaired) electrons. The highest BCUT2D eigenvalue weighted by atomic mass is 35.5. The standard InChI is InChI=1S/C17H20ClN3O3S/c1-11-4-12(2)17(13(3)5-11)25(22,23)21-8-14(9-21)10-24-16-7-19-6-15(18)20-16/h4-7,14H,8-10H2,1-3H3. The van der Waals surface area contributed by atoms with Gasteiger partial charge in [-0.3, -0.25) is 4.98 Å². The van der Waals surface area contributed by atoms with E-state index in [1.165, 1.54) is 16.7 Å². The molecule has 1 aliphatic rings. The minimum Gasteiger partial charge on any atom is -0.476 e. The minimum absolute atomic E-state index is 0.126. The molecule has 6 nitrogen and oxygen atoms in total. The first kappa shape index (κ1) is 18.1. The minimum atomic E-state index is -3.47. The van der Waals surface area contributed by atoms with Crippen LogP contribution in [0, 0.1) is 26.7 Å². The van der Waals surface area contributed by atoms with Crippen molar-refractivity contribution in [1.82, 2.24) is 14.3 Å². The number of halogens is 1. The summed E-state index contributed by atoms with van der Waals surface area (Å²) in [7, 11) is -3.47. The third kappa shape index (κ3) is 3.78. The Balaban J connectivity index is 1.64. The second-order valence-electron chi connectivity index (χ2n) is 6.41. The molecule has 0 spiro atoms. The highest BCUT2D eigenvalue weighted by Gasteiger charge is 2.38. The van der Waals surface area contributed by atoms with Gasteiger partial charge >= 0.3 is 0 Å². The van der Waals surface area contributed by atoms with Gasteiger partial charge in [0.25, 0.3) is 0 Å². The van der Waals surface area contributed by atoms with E-state index in [0.29, 0.717) is 30.5 Å². The van der Waals surface area contributed by atoms with Crippen molar-refractivity contribution in [2.24, 2.45) is 5.92 Å². The molecule has 2 aromatic rings. The number of nitrogens with zero attached hydrogens (tertiary/aromatic N) is 3. The predicted octanol–water partition coefficient (Wildman–Crippen LogP) is 2.75. The van der Waals surface area contributed by atoms with Crippen LogP contribution in [0.4, 0.5) is 0 Å². The Hall–Kier alpha value is -1.70. The van der Waals surface area contributed by atoms with Crippen LogP contribution < -0.4 is 4.74 Å². The summed E-state index contributed by atoms with van der Waals surface area (Å²) in [6, 6.07) is 3.80. The second-order valence-corrected chi connectivity index (χ2v) is 8.67. The van der Waals surface area contributed by atoms with Crippen LogP contribution in [0.1, 0.15) is 16.7 Å². The summed E-state index contributed by atoms with van der Waals surface area (Å²) in [6.45, 7) is 6.89. The molecule has 1 aliphatic heterocycles. The van der Waals surface area contributed by atoms with Crippen molar-refractivity contribution in [2.45, 2.75) is 25.7 Å². The highest BCUT2D eigenvalue weighted by molar-refractivity contribution is 7.89. The van der Waals surface area contributed by atoms with E-state index in [4.69, 9.17) is 16.3 Å². The molecule has 0 aliphatic carbocycles. The van der Waals surface area contributed by atoms with E-state index in [0.717, 1.165) is 16.7 Å². The summed E-state index contributed by atoms with van der Waals surface area (Å²) >= 11 is 5.76. The molecular weight excluding hydrogens is 362 g/mol. The van der Waals surface area contributed by atoms with Crippen molar-refractivity contribution in [3.8, 4) is 5.88 Å². The molecule has 0 atom stereocenters. The third-order valence-corrected chi connectivity index (χ3v) is 6.50. The fourth-order valence-electron chi connectivity index (χ4n) is 3.13. The quantitative estimate of drug-likeness (QED) is 0.796. The Kier molecular flexibility index (Phi) is 4.99. The molecule has 2 heterocycles. The molecule has 1 aromatic heterocycles. The molecule has 25 heavy (non-hydrogen) atoms. The van der Waals surface area contributed by atoms with Crippen LogP contribution in [-0.4, -0.2) is 42.4 Å². The van der Waals surface area contributed by atoms with Crippen LogP contribution in [0.2, 0.25) is 5.15 Å². The zero-order chi connectivity index (χ0) is 18.2. The molecule has 134 valence electrons. The van der Waals surface area contributed by atoms with E-state index in [9.17, 15) is 8.42 Å². The molecule has 0 amide bonds. The summed E-state index contributed by atoms with van der Waals surface area (Å²) in [5, 5.41) is 0.264. The van der Waals surface area contributed by atoms with E-state index in [-0.39, 0.29) is 11.1 Å². The first-order chi connectivity index (χ1) is 11.8. The van der Waals surface area contributed by atoms with Crippen molar-refractivity contribution in [3.63, 3.8) is 0 Å². The first-order valence-electron chi connectivity index (χ1n) is 7.95. The van der Waals surface area contributed by atoms with Gasteiger partial charge in [0.05, 0.1) is 23.9 Å². The SMILES string of the molecule is Cc1cc(C)c(S(=O)(=O)N2CC(COc3cncc(Cl)n3)C2)c(C)c1. The Morgan fingerprint density at radius 1 is 1.20 bits per heavy atom. The van der Waals surface area contributed by atoms with Crippen LogP contribution in [0.5, 0.6) is 5.88 Å². The van der Waals surface area contributed by atoms with Gasteiger partial charge in [0, 0.05) is 19.0 Å². The third-order valence-electron chi connectivity index (χ3n) is 4.18. The number of aryl methyl sites for hydroxylation is 3. The summed E-state index contributed by atoms with van der Waals surface area (Å²) in [4.78, 5) is 8.31. The van der Waals surface area contributed by atoms with Gasteiger partial charge in [0.15, 0.2) is 5.15 Å². The molecule has 1 aromatic carbocycles. The molecule has 0 saturated carbocycles. The summed E-state index contributed by atoms with van der Waals surface area (Å²) in [6.07, 6.45) is 2.91.